The third kappa shape index (κ3) is 6.49. The fourth-order valence-electron chi connectivity index (χ4n) is 1.65. The molecule has 1 atom stereocenters. The van der Waals surface area contributed by atoms with Crippen LogP contribution < -0.4 is 21.1 Å². The number of hydrogen-bond acceptors (Lipinski definition) is 5. The Bertz CT molecular complexity index is 533. The van der Waals surface area contributed by atoms with E-state index in [9.17, 15) is 19.5 Å². The van der Waals surface area contributed by atoms with Gasteiger partial charge >= 0.3 is 6.03 Å². The van der Waals surface area contributed by atoms with E-state index in [0.29, 0.717) is 23.5 Å². The number of thioether (sulfide) groups is 1. The summed E-state index contributed by atoms with van der Waals surface area (Å²) in [6.07, 6.45) is 2.14. The molecule has 3 amide bonds. The quantitative estimate of drug-likeness (QED) is 0.681. The van der Waals surface area contributed by atoms with Gasteiger partial charge in [0.05, 0.1) is 12.0 Å². The predicted molar refractivity (Wildman–Crippen MR) is 84.7 cm³/mol. The third-order valence-corrected chi connectivity index (χ3v) is 3.31. The van der Waals surface area contributed by atoms with E-state index in [1.807, 2.05) is 6.26 Å². The van der Waals surface area contributed by atoms with Gasteiger partial charge in [0, 0.05) is 18.3 Å². The largest absolute Gasteiger partial charge is 0.548 e. The lowest BCUT2D eigenvalue weighted by Crippen LogP contribution is -2.49. The first kappa shape index (κ1) is 17.8. The first-order valence-corrected chi connectivity index (χ1v) is 7.96. The molecule has 0 saturated heterocycles. The van der Waals surface area contributed by atoms with Crippen molar-refractivity contribution in [2.24, 2.45) is 0 Å². The van der Waals surface area contributed by atoms with Crippen LogP contribution >= 0.6 is 11.8 Å². The molecule has 0 heterocycles. The molecule has 120 valence electrons. The third-order valence-electron chi connectivity index (χ3n) is 2.66. The molecule has 0 aromatic heterocycles. The maximum atomic E-state index is 11.8. The molecule has 7 nitrogen and oxygen atoms in total. The second-order valence-corrected chi connectivity index (χ2v) is 5.50. The number of urea groups is 1. The van der Waals surface area contributed by atoms with Crippen molar-refractivity contribution in [2.75, 3.05) is 22.6 Å². The number of rotatable bonds is 7. The molecule has 0 fully saturated rings. The molecule has 0 bridgehead atoms. The molecule has 1 rings (SSSR count). The molecular formula is C14H18N3O4S-. The number of anilines is 2. The van der Waals surface area contributed by atoms with E-state index >= 15 is 0 Å². The lowest BCUT2D eigenvalue weighted by atomic mass is 10.2. The number of carbonyl (C=O) groups excluding carboxylic acids is 3. The second kappa shape index (κ2) is 8.93. The average Bonchev–Trinajstić information content (AvgIpc) is 2.44. The molecule has 22 heavy (non-hydrogen) atoms. The molecule has 1 aromatic carbocycles. The number of carboxylic acids is 1. The highest BCUT2D eigenvalue weighted by molar-refractivity contribution is 7.98. The van der Waals surface area contributed by atoms with Crippen LogP contribution in [0.25, 0.3) is 0 Å². The molecule has 8 heteroatoms. The molecular weight excluding hydrogens is 306 g/mol. The summed E-state index contributed by atoms with van der Waals surface area (Å²) in [5.74, 6) is -0.904. The van der Waals surface area contributed by atoms with E-state index in [1.54, 1.807) is 24.3 Å². The van der Waals surface area contributed by atoms with Crippen molar-refractivity contribution >= 4 is 41.0 Å². The van der Waals surface area contributed by atoms with Crippen LogP contribution in [0.1, 0.15) is 13.3 Å². The summed E-state index contributed by atoms with van der Waals surface area (Å²) in [6.45, 7) is 1.40. The normalized spacial score (nSPS) is 11.4. The molecule has 0 unspecified atom stereocenters. The number of aliphatic carboxylic acids is 1. The molecule has 3 N–H and O–H groups in total. The van der Waals surface area contributed by atoms with Gasteiger partial charge in [-0.3, -0.25) is 4.79 Å². The van der Waals surface area contributed by atoms with Crippen LogP contribution in [0.2, 0.25) is 0 Å². The van der Waals surface area contributed by atoms with E-state index < -0.39 is 18.0 Å². The van der Waals surface area contributed by atoms with Crippen LogP contribution in [0.4, 0.5) is 16.2 Å². The SMILES string of the molecule is CSCC[C@H](NC(=O)Nc1ccc(NC(C)=O)cc1)C(=O)[O-]. The summed E-state index contributed by atoms with van der Waals surface area (Å²) in [4.78, 5) is 33.6. The second-order valence-electron chi connectivity index (χ2n) is 4.51. The minimum Gasteiger partial charge on any atom is -0.548 e. The van der Waals surface area contributed by atoms with E-state index in [2.05, 4.69) is 16.0 Å². The Balaban J connectivity index is 2.56. The van der Waals surface area contributed by atoms with Gasteiger partial charge in [-0.05, 0) is 42.7 Å². The van der Waals surface area contributed by atoms with Gasteiger partial charge in [-0.25, -0.2) is 4.79 Å². The van der Waals surface area contributed by atoms with Gasteiger partial charge in [-0.15, -0.1) is 0 Å². The van der Waals surface area contributed by atoms with Crippen molar-refractivity contribution in [3.05, 3.63) is 24.3 Å². The van der Waals surface area contributed by atoms with Crippen LogP contribution in [0.15, 0.2) is 24.3 Å². The Hall–Kier alpha value is -2.22. The van der Waals surface area contributed by atoms with Crippen molar-refractivity contribution in [3.8, 4) is 0 Å². The van der Waals surface area contributed by atoms with Crippen molar-refractivity contribution in [1.29, 1.82) is 0 Å². The number of carbonyl (C=O) groups is 3. The minimum atomic E-state index is -1.31. The van der Waals surface area contributed by atoms with E-state index in [-0.39, 0.29) is 5.91 Å². The smallest absolute Gasteiger partial charge is 0.319 e. The fourth-order valence-corrected chi connectivity index (χ4v) is 2.12. The van der Waals surface area contributed by atoms with Gasteiger partial charge in [0.2, 0.25) is 5.91 Å². The standard InChI is InChI=1S/C14H19N3O4S/c1-9(18)15-10-3-5-11(6-4-10)16-14(21)17-12(13(19)20)7-8-22-2/h3-6,12H,7-8H2,1-2H3,(H,15,18)(H,19,20)(H2,16,17,21)/p-1/t12-/m0/s1. The molecule has 1 aromatic rings. The van der Waals surface area contributed by atoms with Gasteiger partial charge in [0.1, 0.15) is 0 Å². The van der Waals surface area contributed by atoms with Crippen molar-refractivity contribution in [2.45, 2.75) is 19.4 Å². The molecule has 0 aliphatic rings. The lowest BCUT2D eigenvalue weighted by Gasteiger charge is -2.19. The molecule has 0 saturated carbocycles. The van der Waals surface area contributed by atoms with Crippen LogP contribution in [0.3, 0.4) is 0 Å². The number of carboxylic acid groups (broad SMARTS) is 1. The van der Waals surface area contributed by atoms with Gasteiger partial charge in [-0.2, -0.15) is 11.8 Å². The Morgan fingerprint density at radius 2 is 1.68 bits per heavy atom. The summed E-state index contributed by atoms with van der Waals surface area (Å²) >= 11 is 1.49. The zero-order chi connectivity index (χ0) is 16.5. The van der Waals surface area contributed by atoms with Crippen LogP contribution in [0, 0.1) is 0 Å². The molecule has 0 aliphatic carbocycles. The minimum absolute atomic E-state index is 0.191. The van der Waals surface area contributed by atoms with Gasteiger partial charge in [-0.1, -0.05) is 0 Å². The molecule has 0 radical (unpaired) electrons. The Morgan fingerprint density at radius 3 is 2.14 bits per heavy atom. The first-order chi connectivity index (χ1) is 10.4. The van der Waals surface area contributed by atoms with Crippen molar-refractivity contribution in [3.63, 3.8) is 0 Å². The summed E-state index contributed by atoms with van der Waals surface area (Å²) in [5, 5.41) is 18.4. The Labute approximate surface area is 132 Å². The molecule has 0 aliphatic heterocycles. The lowest BCUT2D eigenvalue weighted by molar-refractivity contribution is -0.308. The number of hydrogen-bond donors (Lipinski definition) is 3. The van der Waals surface area contributed by atoms with Gasteiger partial charge in [0.15, 0.2) is 0 Å². The van der Waals surface area contributed by atoms with Gasteiger partial charge < -0.3 is 25.9 Å². The van der Waals surface area contributed by atoms with E-state index in [4.69, 9.17) is 0 Å². The average molecular weight is 324 g/mol. The monoisotopic (exact) mass is 324 g/mol. The van der Waals surface area contributed by atoms with Crippen molar-refractivity contribution in [1.82, 2.24) is 5.32 Å². The van der Waals surface area contributed by atoms with Crippen LogP contribution in [-0.2, 0) is 9.59 Å². The van der Waals surface area contributed by atoms with Crippen LogP contribution in [-0.4, -0.2) is 36.0 Å². The van der Waals surface area contributed by atoms with Crippen molar-refractivity contribution < 1.29 is 19.5 Å². The predicted octanol–water partition coefficient (Wildman–Crippen LogP) is 0.638. The summed E-state index contributed by atoms with van der Waals surface area (Å²) < 4.78 is 0. The number of nitrogens with one attached hydrogen (secondary N) is 3. The first-order valence-electron chi connectivity index (χ1n) is 6.57. The molecule has 0 spiro atoms. The topological polar surface area (TPSA) is 110 Å². The van der Waals surface area contributed by atoms with E-state index in [1.165, 1.54) is 18.7 Å². The van der Waals surface area contributed by atoms with E-state index in [0.717, 1.165) is 0 Å². The van der Waals surface area contributed by atoms with Gasteiger partial charge in [0.25, 0.3) is 0 Å². The summed E-state index contributed by atoms with van der Waals surface area (Å²) in [6, 6.07) is 4.79. The fraction of sp³-hybridized carbons (Fsp3) is 0.357. The highest BCUT2D eigenvalue weighted by Crippen LogP contribution is 2.13. The Morgan fingerprint density at radius 1 is 1.14 bits per heavy atom. The summed E-state index contributed by atoms with van der Waals surface area (Å²) in [7, 11) is 0. The Kier molecular flexibility index (Phi) is 7.24. The highest BCUT2D eigenvalue weighted by atomic mass is 32.2. The maximum absolute atomic E-state index is 11.8. The van der Waals surface area contributed by atoms with Crippen LogP contribution in [0.5, 0.6) is 0 Å². The highest BCUT2D eigenvalue weighted by Gasteiger charge is 2.13. The number of amides is 3. The zero-order valence-corrected chi connectivity index (χ0v) is 13.2. The summed E-state index contributed by atoms with van der Waals surface area (Å²) in [5.41, 5.74) is 1.08. The number of benzene rings is 1. The maximum Gasteiger partial charge on any atom is 0.319 e. The zero-order valence-electron chi connectivity index (χ0n) is 12.3.